The molecule has 2 aromatic carbocycles. The van der Waals surface area contributed by atoms with E-state index in [-0.39, 0.29) is 10.6 Å². The summed E-state index contributed by atoms with van der Waals surface area (Å²) in [5.74, 6) is -0.143. The van der Waals surface area contributed by atoms with E-state index in [1.807, 2.05) is 11.9 Å². The van der Waals surface area contributed by atoms with E-state index >= 15 is 0 Å². The van der Waals surface area contributed by atoms with E-state index in [0.717, 1.165) is 24.4 Å². The molecule has 1 aromatic heterocycles. The average Bonchev–Trinajstić information content (AvgIpc) is 3.18. The van der Waals surface area contributed by atoms with Crippen LogP contribution in [0.5, 0.6) is 5.75 Å². The van der Waals surface area contributed by atoms with Crippen LogP contribution in [0.2, 0.25) is 10.0 Å². The number of anilines is 3. The smallest absolute Gasteiger partial charge is 0.419 e. The molecule has 2 heterocycles. The van der Waals surface area contributed by atoms with Crippen LogP contribution in [0, 0.1) is 0 Å². The average molecular weight is 640 g/mol. The van der Waals surface area contributed by atoms with Crippen LogP contribution in [0.3, 0.4) is 0 Å². The van der Waals surface area contributed by atoms with Gasteiger partial charge in [0.15, 0.2) is 0 Å². The number of alkyl halides is 3. The number of sulfonamides is 1. The monoisotopic (exact) mass is 638 g/mol. The standard InChI is InChI=1S/C23H20BrCl2F3N4O3S/c1-33-5-4-17(12-33)36-21-9-15(2-3-19(21)23(27,28)29)32-37(34,35)18-10-20(24)22(30-11-18)31-16-7-13(25)6-14(26)8-16/h2-3,6-11,17,32H,4-5,12H2,1H3,(H,30,31)/t17-/m1/s1. The molecule has 1 saturated heterocycles. The zero-order chi connectivity index (χ0) is 27.0. The molecule has 0 aliphatic carbocycles. The highest BCUT2D eigenvalue weighted by molar-refractivity contribution is 9.10. The van der Waals surface area contributed by atoms with Crippen molar-refractivity contribution in [1.29, 1.82) is 0 Å². The minimum absolute atomic E-state index is 0.0822. The molecule has 0 radical (unpaired) electrons. The molecule has 14 heteroatoms. The fraction of sp³-hybridized carbons (Fsp3) is 0.261. The lowest BCUT2D eigenvalue weighted by Crippen LogP contribution is -2.23. The molecule has 3 aromatic rings. The number of likely N-dealkylation sites (N-methyl/N-ethyl adjacent to an activating group) is 1. The zero-order valence-corrected chi connectivity index (χ0v) is 23.0. The third-order valence-electron chi connectivity index (χ3n) is 5.43. The number of hydrogen-bond acceptors (Lipinski definition) is 6. The summed E-state index contributed by atoms with van der Waals surface area (Å²) in [5, 5.41) is 3.77. The summed E-state index contributed by atoms with van der Waals surface area (Å²) in [7, 11) is -2.35. The fourth-order valence-corrected chi connectivity index (χ4v) is 5.87. The van der Waals surface area contributed by atoms with E-state index in [9.17, 15) is 21.6 Å². The Hall–Kier alpha value is -2.25. The van der Waals surface area contributed by atoms with Gasteiger partial charge in [0, 0.05) is 41.1 Å². The minimum Gasteiger partial charge on any atom is -0.488 e. The highest BCUT2D eigenvalue weighted by atomic mass is 79.9. The van der Waals surface area contributed by atoms with Crippen LogP contribution in [-0.4, -0.2) is 44.5 Å². The predicted octanol–water partition coefficient (Wildman–Crippen LogP) is 6.80. The number of hydrogen-bond donors (Lipinski definition) is 2. The van der Waals surface area contributed by atoms with Gasteiger partial charge in [0.2, 0.25) is 0 Å². The second-order valence-electron chi connectivity index (χ2n) is 8.39. The number of nitrogens with zero attached hydrogens (tertiary/aromatic N) is 2. The maximum Gasteiger partial charge on any atom is 0.419 e. The van der Waals surface area contributed by atoms with Crippen molar-refractivity contribution < 1.29 is 26.3 Å². The summed E-state index contributed by atoms with van der Waals surface area (Å²) in [4.78, 5) is 5.86. The predicted molar refractivity (Wildman–Crippen MR) is 140 cm³/mol. The fourth-order valence-electron chi connectivity index (χ4n) is 3.72. The van der Waals surface area contributed by atoms with Crippen molar-refractivity contribution in [3.63, 3.8) is 0 Å². The van der Waals surface area contributed by atoms with E-state index in [4.69, 9.17) is 27.9 Å². The van der Waals surface area contributed by atoms with E-state index in [0.29, 0.717) is 45.5 Å². The lowest BCUT2D eigenvalue weighted by Gasteiger charge is -2.19. The first-order valence-electron chi connectivity index (χ1n) is 10.8. The Morgan fingerprint density at radius 1 is 1.11 bits per heavy atom. The highest BCUT2D eigenvalue weighted by Crippen LogP contribution is 2.39. The second-order valence-corrected chi connectivity index (χ2v) is 11.8. The maximum absolute atomic E-state index is 13.6. The largest absolute Gasteiger partial charge is 0.488 e. The quantitative estimate of drug-likeness (QED) is 0.296. The van der Waals surface area contributed by atoms with Crippen molar-refractivity contribution in [3.8, 4) is 5.75 Å². The van der Waals surface area contributed by atoms with Crippen LogP contribution in [-0.2, 0) is 16.2 Å². The van der Waals surface area contributed by atoms with Crippen molar-refractivity contribution in [2.75, 3.05) is 30.2 Å². The summed E-state index contributed by atoms with van der Waals surface area (Å²) in [6.07, 6.45) is -3.43. The lowest BCUT2D eigenvalue weighted by molar-refractivity contribution is -0.139. The Labute approximate surface area is 230 Å². The molecular weight excluding hydrogens is 620 g/mol. The van der Waals surface area contributed by atoms with Crippen LogP contribution in [0.25, 0.3) is 0 Å². The highest BCUT2D eigenvalue weighted by Gasteiger charge is 2.36. The molecule has 4 rings (SSSR count). The van der Waals surface area contributed by atoms with Gasteiger partial charge in [-0.1, -0.05) is 23.2 Å². The maximum atomic E-state index is 13.6. The van der Waals surface area contributed by atoms with Gasteiger partial charge in [-0.15, -0.1) is 0 Å². The van der Waals surface area contributed by atoms with Crippen LogP contribution >= 0.6 is 39.1 Å². The molecule has 0 bridgehead atoms. The number of pyridine rings is 1. The van der Waals surface area contributed by atoms with Gasteiger partial charge in [-0.2, -0.15) is 13.2 Å². The summed E-state index contributed by atoms with van der Waals surface area (Å²) >= 11 is 15.3. The number of aromatic nitrogens is 1. The Kier molecular flexibility index (Phi) is 8.15. The number of rotatable bonds is 7. The van der Waals surface area contributed by atoms with Gasteiger partial charge in [-0.05, 0) is 65.8 Å². The van der Waals surface area contributed by atoms with E-state index in [1.165, 1.54) is 6.07 Å². The normalized spacial score (nSPS) is 16.6. The number of likely N-dealkylation sites (tertiary alicyclic amines) is 1. The zero-order valence-electron chi connectivity index (χ0n) is 19.1. The van der Waals surface area contributed by atoms with Crippen molar-refractivity contribution in [2.24, 2.45) is 0 Å². The van der Waals surface area contributed by atoms with Crippen LogP contribution in [0.15, 0.2) is 58.0 Å². The van der Waals surface area contributed by atoms with Gasteiger partial charge in [0.05, 0.1) is 15.7 Å². The topological polar surface area (TPSA) is 83.6 Å². The molecule has 0 amide bonds. The van der Waals surface area contributed by atoms with Crippen LogP contribution in [0.4, 0.5) is 30.4 Å². The van der Waals surface area contributed by atoms with Crippen molar-refractivity contribution in [3.05, 3.63) is 68.7 Å². The van der Waals surface area contributed by atoms with Gasteiger partial charge in [0.1, 0.15) is 22.6 Å². The Bertz CT molecular complexity index is 1410. The van der Waals surface area contributed by atoms with Crippen molar-refractivity contribution in [1.82, 2.24) is 9.88 Å². The molecule has 1 atom stereocenters. The van der Waals surface area contributed by atoms with Crippen LogP contribution in [0.1, 0.15) is 12.0 Å². The van der Waals surface area contributed by atoms with Gasteiger partial charge in [-0.3, -0.25) is 4.72 Å². The summed E-state index contributed by atoms with van der Waals surface area (Å²) in [6.45, 7) is 1.16. The number of nitrogens with one attached hydrogen (secondary N) is 2. The SMILES string of the molecule is CN1CC[C@@H](Oc2cc(NS(=O)(=O)c3cnc(Nc4cc(Cl)cc(Cl)c4)c(Br)c3)ccc2C(F)(F)F)C1. The van der Waals surface area contributed by atoms with E-state index in [1.54, 1.807) is 18.2 Å². The summed E-state index contributed by atoms with van der Waals surface area (Å²) in [5.41, 5.74) is -0.530. The van der Waals surface area contributed by atoms with Crippen molar-refractivity contribution >= 4 is 66.3 Å². The second kappa shape index (κ2) is 10.9. The van der Waals surface area contributed by atoms with Gasteiger partial charge in [-0.25, -0.2) is 13.4 Å². The molecule has 0 unspecified atom stereocenters. The Balaban J connectivity index is 1.56. The molecule has 0 saturated carbocycles. The third kappa shape index (κ3) is 6.99. The van der Waals surface area contributed by atoms with Crippen LogP contribution < -0.4 is 14.8 Å². The molecule has 1 fully saturated rings. The first-order chi connectivity index (χ1) is 17.3. The number of ether oxygens (including phenoxy) is 1. The first-order valence-corrected chi connectivity index (χ1v) is 13.8. The van der Waals surface area contributed by atoms with Gasteiger partial charge < -0.3 is 15.0 Å². The summed E-state index contributed by atoms with van der Waals surface area (Å²) in [6, 6.07) is 8.96. The molecule has 2 N–H and O–H groups in total. The van der Waals surface area contributed by atoms with Crippen molar-refractivity contribution in [2.45, 2.75) is 23.6 Å². The molecule has 7 nitrogen and oxygen atoms in total. The molecule has 1 aliphatic heterocycles. The Morgan fingerprint density at radius 3 is 2.41 bits per heavy atom. The summed E-state index contributed by atoms with van der Waals surface area (Å²) < 4.78 is 74.9. The Morgan fingerprint density at radius 2 is 1.81 bits per heavy atom. The number of benzene rings is 2. The molecule has 1 aliphatic rings. The van der Waals surface area contributed by atoms with E-state index in [2.05, 4.69) is 31.0 Å². The first kappa shape index (κ1) is 27.8. The third-order valence-corrected chi connectivity index (χ3v) is 7.82. The molecule has 198 valence electrons. The molecule has 0 spiro atoms. The van der Waals surface area contributed by atoms with Gasteiger partial charge >= 0.3 is 6.18 Å². The van der Waals surface area contributed by atoms with Gasteiger partial charge in [0.25, 0.3) is 10.0 Å². The molecule has 37 heavy (non-hydrogen) atoms. The molecular formula is C23H20BrCl2F3N4O3S. The number of halogens is 6. The lowest BCUT2D eigenvalue weighted by atomic mass is 10.1. The minimum atomic E-state index is -4.66. The van der Waals surface area contributed by atoms with E-state index < -0.39 is 33.6 Å².